The summed E-state index contributed by atoms with van der Waals surface area (Å²) in [6.07, 6.45) is 1.33. The van der Waals surface area contributed by atoms with Crippen LogP contribution in [0.3, 0.4) is 0 Å². The third-order valence-electron chi connectivity index (χ3n) is 5.67. The molecular weight excluding hydrogens is 482 g/mol. The minimum atomic E-state index is -0.632. The van der Waals surface area contributed by atoms with E-state index in [-0.39, 0.29) is 25.0 Å². The summed E-state index contributed by atoms with van der Waals surface area (Å²) in [5.74, 6) is 1.02. The summed E-state index contributed by atoms with van der Waals surface area (Å²) >= 11 is 1.40. The third kappa shape index (κ3) is 5.13. The van der Waals surface area contributed by atoms with Crippen molar-refractivity contribution < 1.29 is 28.2 Å². The zero-order chi connectivity index (χ0) is 25.8. The van der Waals surface area contributed by atoms with Crippen LogP contribution in [0.2, 0.25) is 0 Å². The van der Waals surface area contributed by atoms with Crippen LogP contribution in [0.5, 0.6) is 11.5 Å². The molecule has 0 saturated heterocycles. The van der Waals surface area contributed by atoms with Crippen LogP contribution in [-0.2, 0) is 20.9 Å². The van der Waals surface area contributed by atoms with E-state index in [0.29, 0.717) is 45.0 Å². The van der Waals surface area contributed by atoms with Crippen molar-refractivity contribution in [2.45, 2.75) is 45.9 Å². The van der Waals surface area contributed by atoms with Gasteiger partial charge in [-0.15, -0.1) is 0 Å². The van der Waals surface area contributed by atoms with Gasteiger partial charge < -0.3 is 28.8 Å². The molecule has 4 rings (SSSR count). The van der Waals surface area contributed by atoms with Gasteiger partial charge in [-0.05, 0) is 44.4 Å². The number of aliphatic imine (C=N–C) groups is 1. The largest absolute Gasteiger partial charge is 0.493 e. The number of amidine groups is 1. The average Bonchev–Trinajstić information content (AvgIpc) is 3.51. The number of nitrogens with one attached hydrogen (secondary N) is 1. The summed E-state index contributed by atoms with van der Waals surface area (Å²) in [6.45, 7) is 5.67. The molecule has 2 aromatic rings. The number of esters is 1. The maximum Gasteiger partial charge on any atom is 0.338 e. The number of nitrogens with zero attached hydrogens (tertiary/aromatic N) is 2. The average molecular weight is 512 g/mol. The van der Waals surface area contributed by atoms with Gasteiger partial charge in [0.2, 0.25) is 5.91 Å². The highest BCUT2D eigenvalue weighted by Gasteiger charge is 2.43. The second-order valence-corrected chi connectivity index (χ2v) is 9.30. The Balaban J connectivity index is 1.72. The molecule has 36 heavy (non-hydrogen) atoms. The van der Waals surface area contributed by atoms with Crippen LogP contribution >= 0.6 is 11.8 Å². The van der Waals surface area contributed by atoms with E-state index in [1.807, 2.05) is 22.4 Å². The second kappa shape index (κ2) is 10.9. The Morgan fingerprint density at radius 3 is 2.67 bits per heavy atom. The highest BCUT2D eigenvalue weighted by molar-refractivity contribution is 8.16. The van der Waals surface area contributed by atoms with Gasteiger partial charge in [-0.1, -0.05) is 23.9 Å². The van der Waals surface area contributed by atoms with Crippen LogP contribution in [0, 0.1) is 0 Å². The second-order valence-electron chi connectivity index (χ2n) is 8.46. The Kier molecular flexibility index (Phi) is 7.73. The predicted octanol–water partition coefficient (Wildman–Crippen LogP) is 4.53. The summed E-state index contributed by atoms with van der Waals surface area (Å²) in [5, 5.41) is 5.42. The molecule has 1 N–H and O–H groups in total. The summed E-state index contributed by atoms with van der Waals surface area (Å²) in [4.78, 5) is 32.8. The molecule has 9 nitrogen and oxygen atoms in total. The molecule has 0 fully saturated rings. The van der Waals surface area contributed by atoms with Gasteiger partial charge in [0.1, 0.15) is 5.76 Å². The molecule has 10 heteroatoms. The lowest BCUT2D eigenvalue weighted by atomic mass is 9.92. The number of thioether (sulfide) groups is 1. The standard InChI is InChI=1S/C26H29N3O6S/c1-15(2)35-25(31)22-16(3)28-26-29(23(22)19-9-6-10-20(32-4)24(19)33-5)17(14-36-26)12-21(30)27-13-18-8-7-11-34-18/h6-11,14-15,23H,12-13H2,1-5H3,(H,27,30)/t23-/m1/s1. The van der Waals surface area contributed by atoms with E-state index in [1.54, 1.807) is 59.5 Å². The van der Waals surface area contributed by atoms with Crippen molar-refractivity contribution >= 4 is 28.8 Å². The molecule has 190 valence electrons. The number of rotatable bonds is 9. The molecule has 3 heterocycles. The number of furan rings is 1. The smallest absolute Gasteiger partial charge is 0.338 e. The molecular formula is C26H29N3O6S. The van der Waals surface area contributed by atoms with Gasteiger partial charge in [-0.3, -0.25) is 4.79 Å². The fourth-order valence-electron chi connectivity index (χ4n) is 4.16. The number of hydrogen-bond acceptors (Lipinski definition) is 9. The third-order valence-corrected chi connectivity index (χ3v) is 6.56. The lowest BCUT2D eigenvalue weighted by molar-refractivity contribution is -0.143. The minimum Gasteiger partial charge on any atom is -0.493 e. The highest BCUT2D eigenvalue weighted by Crippen LogP contribution is 2.48. The van der Waals surface area contributed by atoms with Crippen molar-refractivity contribution in [2.24, 2.45) is 4.99 Å². The Bertz CT molecular complexity index is 1230. The summed E-state index contributed by atoms with van der Waals surface area (Å²) in [7, 11) is 3.12. The monoisotopic (exact) mass is 511 g/mol. The maximum absolute atomic E-state index is 13.3. The van der Waals surface area contributed by atoms with Crippen molar-refractivity contribution in [3.63, 3.8) is 0 Å². The predicted molar refractivity (Wildman–Crippen MR) is 136 cm³/mol. The Morgan fingerprint density at radius 1 is 1.19 bits per heavy atom. The van der Waals surface area contributed by atoms with E-state index in [4.69, 9.17) is 18.6 Å². The molecule has 1 amide bonds. The van der Waals surface area contributed by atoms with E-state index >= 15 is 0 Å². The van der Waals surface area contributed by atoms with Gasteiger partial charge in [0.15, 0.2) is 16.7 Å². The van der Waals surface area contributed by atoms with Gasteiger partial charge in [0, 0.05) is 11.3 Å². The molecule has 1 atom stereocenters. The number of carbonyl (C=O) groups excluding carboxylic acids is 2. The van der Waals surface area contributed by atoms with E-state index in [1.165, 1.54) is 11.8 Å². The summed E-state index contributed by atoms with van der Waals surface area (Å²) < 4.78 is 22.2. The molecule has 0 saturated carbocycles. The SMILES string of the molecule is COc1cccc([C@@H]2C(C(=O)OC(C)C)=C(C)N=C3SC=C(CC(=O)NCc4ccco4)N32)c1OC. The number of allylic oxidation sites excluding steroid dienone is 1. The molecule has 0 unspecified atom stereocenters. The zero-order valence-electron chi connectivity index (χ0n) is 20.9. The molecule has 0 spiro atoms. The van der Waals surface area contributed by atoms with Gasteiger partial charge >= 0.3 is 5.97 Å². The van der Waals surface area contributed by atoms with E-state index in [2.05, 4.69) is 10.3 Å². The quantitative estimate of drug-likeness (QED) is 0.490. The topological polar surface area (TPSA) is 103 Å². The van der Waals surface area contributed by atoms with Crippen LogP contribution < -0.4 is 14.8 Å². The van der Waals surface area contributed by atoms with Crippen molar-refractivity contribution in [1.29, 1.82) is 0 Å². The van der Waals surface area contributed by atoms with Gasteiger partial charge in [-0.25, -0.2) is 9.79 Å². The fraction of sp³-hybridized carbons (Fsp3) is 0.346. The Morgan fingerprint density at radius 2 is 2.00 bits per heavy atom. The van der Waals surface area contributed by atoms with Gasteiger partial charge in [-0.2, -0.15) is 0 Å². The highest BCUT2D eigenvalue weighted by atomic mass is 32.2. The molecule has 2 aliphatic heterocycles. The molecule has 0 aliphatic carbocycles. The first-order valence-corrected chi connectivity index (χ1v) is 12.4. The maximum atomic E-state index is 13.3. The van der Waals surface area contributed by atoms with Crippen LogP contribution in [-0.4, -0.2) is 42.3 Å². The minimum absolute atomic E-state index is 0.0844. The number of carbonyl (C=O) groups is 2. The first-order chi connectivity index (χ1) is 17.3. The number of ether oxygens (including phenoxy) is 3. The first-order valence-electron chi connectivity index (χ1n) is 11.5. The molecule has 0 bridgehead atoms. The summed E-state index contributed by atoms with van der Waals surface area (Å²) in [5.41, 5.74) is 2.33. The van der Waals surface area contributed by atoms with Crippen LogP contribution in [0.4, 0.5) is 0 Å². The number of methoxy groups -OCH3 is 2. The lowest BCUT2D eigenvalue weighted by Crippen LogP contribution is -2.38. The van der Waals surface area contributed by atoms with E-state index in [0.717, 1.165) is 0 Å². The van der Waals surface area contributed by atoms with Crippen LogP contribution in [0.1, 0.15) is 44.6 Å². The number of fused-ring (bicyclic) bond motifs is 1. The first kappa shape index (κ1) is 25.4. The molecule has 1 aromatic heterocycles. The number of benzene rings is 1. The van der Waals surface area contributed by atoms with Crippen molar-refractivity contribution in [1.82, 2.24) is 10.2 Å². The van der Waals surface area contributed by atoms with E-state index < -0.39 is 12.0 Å². The zero-order valence-corrected chi connectivity index (χ0v) is 21.7. The van der Waals surface area contributed by atoms with Crippen LogP contribution in [0.25, 0.3) is 0 Å². The molecule has 2 aliphatic rings. The van der Waals surface area contributed by atoms with Crippen molar-refractivity contribution in [2.75, 3.05) is 14.2 Å². The normalized spacial score (nSPS) is 16.9. The van der Waals surface area contributed by atoms with Crippen molar-refractivity contribution in [3.8, 4) is 11.5 Å². The van der Waals surface area contributed by atoms with Crippen LogP contribution in [0.15, 0.2) is 68.4 Å². The Hall–Kier alpha value is -3.66. The number of amides is 1. The summed E-state index contributed by atoms with van der Waals surface area (Å²) in [6, 6.07) is 8.44. The fourth-order valence-corrected chi connectivity index (χ4v) is 5.12. The number of hydrogen-bond donors (Lipinski definition) is 1. The van der Waals surface area contributed by atoms with Crippen molar-refractivity contribution in [3.05, 3.63) is 70.3 Å². The molecule has 0 radical (unpaired) electrons. The lowest BCUT2D eigenvalue weighted by Gasteiger charge is -2.37. The van der Waals surface area contributed by atoms with E-state index in [9.17, 15) is 9.59 Å². The molecule has 1 aromatic carbocycles. The Labute approximate surface area is 214 Å². The van der Waals surface area contributed by atoms with Gasteiger partial charge in [0.05, 0.1) is 56.9 Å². The number of para-hydroxylation sites is 1. The van der Waals surface area contributed by atoms with Gasteiger partial charge in [0.25, 0.3) is 0 Å².